The van der Waals surface area contributed by atoms with E-state index in [9.17, 15) is 19.2 Å². The lowest BCUT2D eigenvalue weighted by Gasteiger charge is -2.29. The maximum Gasteiger partial charge on any atom is 0.262 e. The normalized spacial score (nSPS) is 11.3. The van der Waals surface area contributed by atoms with Crippen LogP contribution in [0, 0.1) is 0 Å². The lowest BCUT2D eigenvalue weighted by Crippen LogP contribution is -2.44. The molecule has 0 unspecified atom stereocenters. The minimum atomic E-state index is -1.93. The van der Waals surface area contributed by atoms with Crippen LogP contribution in [0.5, 0.6) is 0 Å². The minimum absolute atomic E-state index is 0.0309. The third-order valence-electron chi connectivity index (χ3n) is 5.29. The van der Waals surface area contributed by atoms with Gasteiger partial charge in [0.05, 0.1) is 0 Å². The smallest absolute Gasteiger partial charge is 0.262 e. The van der Waals surface area contributed by atoms with E-state index in [2.05, 4.69) is 0 Å². The highest BCUT2D eigenvalue weighted by Gasteiger charge is 2.46. The zero-order valence-corrected chi connectivity index (χ0v) is 15.4. The summed E-state index contributed by atoms with van der Waals surface area (Å²) in [4.78, 5) is 49.5. The average Bonchev–Trinajstić information content (AvgIpc) is 2.79. The van der Waals surface area contributed by atoms with E-state index in [1.54, 1.807) is 48.5 Å². The summed E-state index contributed by atoms with van der Waals surface area (Å²) in [5.74, 6) is -2.30. The summed E-state index contributed by atoms with van der Waals surface area (Å²) in [5, 5.41) is 2.98. The molecule has 0 aromatic heterocycles. The first kappa shape index (κ1) is 18.4. The highest BCUT2D eigenvalue weighted by molar-refractivity contribution is 6.62. The van der Waals surface area contributed by atoms with Gasteiger partial charge in [-0.2, -0.15) is 0 Å². The fourth-order valence-corrected chi connectivity index (χ4v) is 3.96. The molecule has 4 nitrogen and oxygen atoms in total. The second-order valence-electron chi connectivity index (χ2n) is 6.79. The largest absolute Gasteiger partial charge is 0.301 e. The maximum atomic E-state index is 13.3. The van der Waals surface area contributed by atoms with Gasteiger partial charge in [-0.25, -0.2) is 0 Å². The molecule has 0 aliphatic heterocycles. The Kier molecular flexibility index (Phi) is 4.61. The van der Waals surface area contributed by atoms with E-state index in [1.165, 1.54) is 0 Å². The topological polar surface area (TPSA) is 68.3 Å². The van der Waals surface area contributed by atoms with Gasteiger partial charge in [0.25, 0.3) is 5.78 Å². The van der Waals surface area contributed by atoms with Crippen LogP contribution in [0.25, 0.3) is 21.5 Å². The molecule has 0 saturated heterocycles. The summed E-state index contributed by atoms with van der Waals surface area (Å²) in [7, 11) is 0. The van der Waals surface area contributed by atoms with Gasteiger partial charge in [0.1, 0.15) is 11.7 Å². The lowest BCUT2D eigenvalue weighted by molar-refractivity contribution is -0.143. The van der Waals surface area contributed by atoms with E-state index in [-0.39, 0.29) is 6.29 Å². The monoisotopic (exact) mass is 380 g/mol. The third kappa shape index (κ3) is 2.77. The summed E-state index contributed by atoms with van der Waals surface area (Å²) in [6.07, 6.45) is 0.455. The Morgan fingerprint density at radius 2 is 1.07 bits per heavy atom. The van der Waals surface area contributed by atoms with Crippen molar-refractivity contribution in [2.45, 2.75) is 5.41 Å². The van der Waals surface area contributed by atoms with Crippen LogP contribution in [-0.2, 0) is 24.6 Å². The van der Waals surface area contributed by atoms with Crippen LogP contribution in [-0.4, -0.2) is 24.1 Å². The molecule has 4 rings (SSSR count). The van der Waals surface area contributed by atoms with Crippen molar-refractivity contribution in [3.63, 3.8) is 0 Å². The fraction of sp³-hybridized carbons (Fsp3) is 0.0400. The Balaban J connectivity index is 2.18. The minimum Gasteiger partial charge on any atom is -0.301 e. The molecule has 0 N–H and O–H groups in total. The standard InChI is InChI=1S/C25H16O4/c26-15-23(28)24(29)25(16-27,21-13-5-9-17-7-1-3-11-19(17)21)22-14-6-10-18-8-2-4-12-20(18)22/h1-16H. The highest BCUT2D eigenvalue weighted by atomic mass is 16.2. The van der Waals surface area contributed by atoms with E-state index < -0.39 is 17.0 Å². The number of carbonyl (C=O) groups is 4. The number of benzene rings is 4. The van der Waals surface area contributed by atoms with Gasteiger partial charge < -0.3 is 4.79 Å². The van der Waals surface area contributed by atoms with Crippen molar-refractivity contribution in [3.8, 4) is 0 Å². The van der Waals surface area contributed by atoms with Gasteiger partial charge in [0, 0.05) is 0 Å². The molecular weight excluding hydrogens is 364 g/mol. The number of Topliss-reactive ketones (excluding diaryl/α,β-unsaturated/α-hetero) is 2. The molecule has 0 atom stereocenters. The van der Waals surface area contributed by atoms with Crippen LogP contribution in [0.2, 0.25) is 0 Å². The molecule has 0 radical (unpaired) electrons. The van der Waals surface area contributed by atoms with E-state index in [0.717, 1.165) is 10.8 Å². The molecule has 0 heterocycles. The highest BCUT2D eigenvalue weighted by Crippen LogP contribution is 2.39. The molecule has 0 bridgehead atoms. The summed E-state index contributed by atoms with van der Waals surface area (Å²) in [6.45, 7) is 0. The molecule has 4 aromatic carbocycles. The van der Waals surface area contributed by atoms with Gasteiger partial charge in [-0.1, -0.05) is 84.9 Å². The first-order valence-corrected chi connectivity index (χ1v) is 9.10. The molecule has 4 aromatic rings. The van der Waals surface area contributed by atoms with Crippen molar-refractivity contribution in [1.29, 1.82) is 0 Å². The molecule has 0 aliphatic rings. The number of fused-ring (bicyclic) bond motifs is 2. The third-order valence-corrected chi connectivity index (χ3v) is 5.29. The van der Waals surface area contributed by atoms with Crippen LogP contribution in [0.1, 0.15) is 11.1 Å². The quantitative estimate of drug-likeness (QED) is 0.290. The molecule has 29 heavy (non-hydrogen) atoms. The Bertz CT molecular complexity index is 1200. The van der Waals surface area contributed by atoms with Crippen LogP contribution in [0.15, 0.2) is 84.9 Å². The number of carbonyl (C=O) groups excluding carboxylic acids is 4. The first-order valence-electron chi connectivity index (χ1n) is 9.10. The van der Waals surface area contributed by atoms with Crippen molar-refractivity contribution < 1.29 is 19.2 Å². The van der Waals surface area contributed by atoms with Crippen molar-refractivity contribution in [1.82, 2.24) is 0 Å². The van der Waals surface area contributed by atoms with E-state index in [0.29, 0.717) is 28.2 Å². The Morgan fingerprint density at radius 1 is 0.621 bits per heavy atom. The van der Waals surface area contributed by atoms with Crippen LogP contribution in [0.4, 0.5) is 0 Å². The molecular formula is C25H16O4. The van der Waals surface area contributed by atoms with Gasteiger partial charge in [0.2, 0.25) is 5.78 Å². The number of hydrogen-bond donors (Lipinski definition) is 0. The molecule has 0 saturated carbocycles. The van der Waals surface area contributed by atoms with Gasteiger partial charge in [-0.3, -0.25) is 14.4 Å². The maximum absolute atomic E-state index is 13.3. The molecule has 4 heteroatoms. The second-order valence-corrected chi connectivity index (χ2v) is 6.79. The van der Waals surface area contributed by atoms with Crippen LogP contribution < -0.4 is 0 Å². The Labute approximate surface area is 166 Å². The first-order chi connectivity index (χ1) is 14.1. The predicted molar refractivity (Wildman–Crippen MR) is 111 cm³/mol. The van der Waals surface area contributed by atoms with Crippen molar-refractivity contribution in [2.24, 2.45) is 0 Å². The second kappa shape index (κ2) is 7.24. The van der Waals surface area contributed by atoms with E-state index in [1.807, 2.05) is 36.4 Å². The fourth-order valence-electron chi connectivity index (χ4n) is 3.96. The molecule has 0 aliphatic carbocycles. The summed E-state index contributed by atoms with van der Waals surface area (Å²) in [6, 6.07) is 25.2. The molecule has 0 spiro atoms. The predicted octanol–water partition coefficient (Wildman–Crippen LogP) is 3.82. The molecule has 0 amide bonds. The zero-order chi connectivity index (χ0) is 20.4. The zero-order valence-electron chi connectivity index (χ0n) is 15.4. The average molecular weight is 380 g/mol. The molecule has 140 valence electrons. The SMILES string of the molecule is O=CC(=O)C(=O)C(C=O)(c1cccc2ccccc12)c1cccc2ccccc12. The lowest BCUT2D eigenvalue weighted by atomic mass is 9.68. The Hall–Kier alpha value is -3.92. The Morgan fingerprint density at radius 3 is 1.52 bits per heavy atom. The molecule has 0 fully saturated rings. The van der Waals surface area contributed by atoms with Crippen molar-refractivity contribution in [2.75, 3.05) is 0 Å². The van der Waals surface area contributed by atoms with Crippen LogP contribution in [0.3, 0.4) is 0 Å². The number of ketones is 2. The number of hydrogen-bond acceptors (Lipinski definition) is 4. The van der Waals surface area contributed by atoms with E-state index in [4.69, 9.17) is 0 Å². The van der Waals surface area contributed by atoms with Gasteiger partial charge in [-0.05, 0) is 32.7 Å². The van der Waals surface area contributed by atoms with E-state index >= 15 is 0 Å². The van der Waals surface area contributed by atoms with Gasteiger partial charge >= 0.3 is 0 Å². The summed E-state index contributed by atoms with van der Waals surface area (Å²) in [5.41, 5.74) is -1.18. The van der Waals surface area contributed by atoms with Crippen molar-refractivity contribution in [3.05, 3.63) is 96.1 Å². The van der Waals surface area contributed by atoms with Gasteiger partial charge in [-0.15, -0.1) is 0 Å². The summed E-state index contributed by atoms with van der Waals surface area (Å²) < 4.78 is 0. The summed E-state index contributed by atoms with van der Waals surface area (Å²) >= 11 is 0. The number of rotatable bonds is 6. The van der Waals surface area contributed by atoms with Crippen LogP contribution >= 0.6 is 0 Å². The van der Waals surface area contributed by atoms with Crippen molar-refractivity contribution >= 4 is 45.7 Å². The van der Waals surface area contributed by atoms with Gasteiger partial charge in [0.15, 0.2) is 6.29 Å². The number of aldehydes is 2.